The molecule has 16 heavy (non-hydrogen) atoms. The highest BCUT2D eigenvalue weighted by Gasteiger charge is 2.39. The zero-order valence-corrected chi connectivity index (χ0v) is 9.73. The van der Waals surface area contributed by atoms with Gasteiger partial charge in [0.15, 0.2) is 0 Å². The summed E-state index contributed by atoms with van der Waals surface area (Å²) in [7, 11) is 0. The summed E-state index contributed by atoms with van der Waals surface area (Å²) in [6, 6.07) is 3.91. The summed E-state index contributed by atoms with van der Waals surface area (Å²) in [5.41, 5.74) is 0.381. The molecule has 1 aliphatic heterocycles. The average molecular weight is 222 g/mol. The van der Waals surface area contributed by atoms with E-state index in [0.29, 0.717) is 19.6 Å². The van der Waals surface area contributed by atoms with E-state index in [4.69, 9.17) is 4.74 Å². The number of rotatable bonds is 3. The van der Waals surface area contributed by atoms with E-state index in [1.165, 1.54) is 0 Å². The summed E-state index contributed by atoms with van der Waals surface area (Å²) in [5.74, 6) is 0.799. The summed E-state index contributed by atoms with van der Waals surface area (Å²) in [6.07, 6.45) is 2.31. The molecule has 1 saturated heterocycles. The van der Waals surface area contributed by atoms with Crippen molar-refractivity contribution in [3.63, 3.8) is 0 Å². The molecule has 0 bridgehead atoms. The minimum atomic E-state index is -0.772. The predicted molar refractivity (Wildman–Crippen MR) is 62.4 cm³/mol. The number of ether oxygens (including phenoxy) is 1. The van der Waals surface area contributed by atoms with Crippen LogP contribution in [0.2, 0.25) is 0 Å². The lowest BCUT2D eigenvalue weighted by atomic mass is 9.97. The molecular weight excluding hydrogens is 204 g/mol. The second-order valence-corrected chi connectivity index (χ2v) is 4.44. The van der Waals surface area contributed by atoms with Crippen molar-refractivity contribution in [3.05, 3.63) is 23.9 Å². The fraction of sp³-hybridized carbons (Fsp3) is 0.583. The quantitative estimate of drug-likeness (QED) is 0.810. The number of aromatic nitrogens is 1. The third-order valence-electron chi connectivity index (χ3n) is 3.15. The summed E-state index contributed by atoms with van der Waals surface area (Å²) in [5, 5.41) is 13.4. The standard InChI is InChI=1S/C12H18N2O2/c1-9-3-5-13-11(7-9)14-8-12(15)4-6-16-10(12)2/h3,5,7,10,15H,4,6,8H2,1-2H3,(H,13,14). The number of nitrogens with zero attached hydrogens (tertiary/aromatic N) is 1. The van der Waals surface area contributed by atoms with E-state index in [1.54, 1.807) is 6.20 Å². The number of hydrogen-bond acceptors (Lipinski definition) is 4. The normalized spacial score (nSPS) is 29.3. The van der Waals surface area contributed by atoms with E-state index < -0.39 is 5.60 Å². The SMILES string of the molecule is Cc1ccnc(NCC2(O)CCOC2C)c1. The molecule has 0 spiro atoms. The highest BCUT2D eigenvalue weighted by Crippen LogP contribution is 2.25. The van der Waals surface area contributed by atoms with Gasteiger partial charge in [-0.05, 0) is 31.5 Å². The van der Waals surface area contributed by atoms with Crippen LogP contribution in [0.15, 0.2) is 18.3 Å². The van der Waals surface area contributed by atoms with Crippen molar-refractivity contribution in [2.24, 2.45) is 0 Å². The second-order valence-electron chi connectivity index (χ2n) is 4.44. The van der Waals surface area contributed by atoms with Gasteiger partial charge < -0.3 is 15.2 Å². The first-order valence-corrected chi connectivity index (χ1v) is 5.61. The number of hydrogen-bond donors (Lipinski definition) is 2. The molecule has 4 heteroatoms. The van der Waals surface area contributed by atoms with Crippen LogP contribution in [0.4, 0.5) is 5.82 Å². The Balaban J connectivity index is 1.97. The third kappa shape index (κ3) is 2.33. The van der Waals surface area contributed by atoms with Gasteiger partial charge in [-0.3, -0.25) is 0 Å². The van der Waals surface area contributed by atoms with E-state index in [0.717, 1.165) is 11.4 Å². The van der Waals surface area contributed by atoms with Crippen LogP contribution in [0.25, 0.3) is 0 Å². The lowest BCUT2D eigenvalue weighted by Gasteiger charge is -2.26. The average Bonchev–Trinajstić information content (AvgIpc) is 2.58. The smallest absolute Gasteiger partial charge is 0.126 e. The number of anilines is 1. The van der Waals surface area contributed by atoms with Gasteiger partial charge in [0.25, 0.3) is 0 Å². The Morgan fingerprint density at radius 2 is 2.50 bits per heavy atom. The molecule has 2 heterocycles. The molecule has 0 amide bonds. The molecule has 2 rings (SSSR count). The fourth-order valence-electron chi connectivity index (χ4n) is 1.88. The monoisotopic (exact) mass is 222 g/mol. The van der Waals surface area contributed by atoms with Gasteiger partial charge in [-0.15, -0.1) is 0 Å². The Hall–Kier alpha value is -1.13. The molecule has 0 aromatic carbocycles. The maximum Gasteiger partial charge on any atom is 0.126 e. The summed E-state index contributed by atoms with van der Waals surface area (Å²) in [6.45, 7) is 5.02. The summed E-state index contributed by atoms with van der Waals surface area (Å²) < 4.78 is 5.37. The molecule has 2 atom stereocenters. The highest BCUT2D eigenvalue weighted by molar-refractivity contribution is 5.37. The maximum absolute atomic E-state index is 10.3. The van der Waals surface area contributed by atoms with Crippen LogP contribution in [0, 0.1) is 6.92 Å². The molecular formula is C12H18N2O2. The highest BCUT2D eigenvalue weighted by atomic mass is 16.5. The molecule has 0 aliphatic carbocycles. The molecule has 0 radical (unpaired) electrons. The number of nitrogens with one attached hydrogen (secondary N) is 1. The van der Waals surface area contributed by atoms with E-state index in [2.05, 4.69) is 10.3 Å². The van der Waals surface area contributed by atoms with Gasteiger partial charge in [-0.2, -0.15) is 0 Å². The molecule has 88 valence electrons. The van der Waals surface area contributed by atoms with Crippen LogP contribution >= 0.6 is 0 Å². The van der Waals surface area contributed by atoms with Crippen molar-refractivity contribution in [1.82, 2.24) is 4.98 Å². The third-order valence-corrected chi connectivity index (χ3v) is 3.15. The van der Waals surface area contributed by atoms with Gasteiger partial charge in [0.1, 0.15) is 11.4 Å². The van der Waals surface area contributed by atoms with Crippen molar-refractivity contribution in [3.8, 4) is 0 Å². The number of aliphatic hydroxyl groups is 1. The lowest BCUT2D eigenvalue weighted by molar-refractivity contribution is -0.0176. The van der Waals surface area contributed by atoms with E-state index >= 15 is 0 Å². The molecule has 1 aromatic heterocycles. The lowest BCUT2D eigenvalue weighted by Crippen LogP contribution is -2.43. The zero-order valence-electron chi connectivity index (χ0n) is 9.73. The predicted octanol–water partition coefficient (Wildman–Crippen LogP) is 1.34. The van der Waals surface area contributed by atoms with Crippen molar-refractivity contribution in [2.45, 2.75) is 32.0 Å². The topological polar surface area (TPSA) is 54.4 Å². The minimum Gasteiger partial charge on any atom is -0.385 e. The van der Waals surface area contributed by atoms with Crippen LogP contribution in [0.3, 0.4) is 0 Å². The van der Waals surface area contributed by atoms with Crippen LogP contribution in [0.5, 0.6) is 0 Å². The van der Waals surface area contributed by atoms with Crippen LogP contribution < -0.4 is 5.32 Å². The molecule has 0 saturated carbocycles. The Bertz CT molecular complexity index is 370. The largest absolute Gasteiger partial charge is 0.385 e. The Kier molecular flexibility index (Phi) is 3.12. The van der Waals surface area contributed by atoms with E-state index in [9.17, 15) is 5.11 Å². The molecule has 1 fully saturated rings. The summed E-state index contributed by atoms with van der Waals surface area (Å²) >= 11 is 0. The van der Waals surface area contributed by atoms with Gasteiger partial charge in [0.05, 0.1) is 6.10 Å². The molecule has 2 unspecified atom stereocenters. The number of aryl methyl sites for hydroxylation is 1. The Morgan fingerprint density at radius 3 is 3.12 bits per heavy atom. The van der Waals surface area contributed by atoms with Crippen molar-refractivity contribution in [1.29, 1.82) is 0 Å². The van der Waals surface area contributed by atoms with Crippen LogP contribution in [0.1, 0.15) is 18.9 Å². The molecule has 4 nitrogen and oxygen atoms in total. The molecule has 2 N–H and O–H groups in total. The zero-order chi connectivity index (χ0) is 11.6. The van der Waals surface area contributed by atoms with E-state index in [-0.39, 0.29) is 6.10 Å². The Morgan fingerprint density at radius 1 is 1.69 bits per heavy atom. The van der Waals surface area contributed by atoms with Gasteiger partial charge in [-0.1, -0.05) is 0 Å². The molecule has 1 aromatic rings. The number of pyridine rings is 1. The maximum atomic E-state index is 10.3. The van der Waals surface area contributed by atoms with Gasteiger partial charge in [-0.25, -0.2) is 4.98 Å². The van der Waals surface area contributed by atoms with Gasteiger partial charge >= 0.3 is 0 Å². The first-order valence-electron chi connectivity index (χ1n) is 5.61. The van der Waals surface area contributed by atoms with Crippen LogP contribution in [-0.2, 0) is 4.74 Å². The first-order chi connectivity index (χ1) is 7.60. The van der Waals surface area contributed by atoms with Gasteiger partial charge in [0, 0.05) is 25.8 Å². The second kappa shape index (κ2) is 4.39. The summed E-state index contributed by atoms with van der Waals surface area (Å²) in [4.78, 5) is 4.19. The van der Waals surface area contributed by atoms with E-state index in [1.807, 2.05) is 26.0 Å². The Labute approximate surface area is 95.7 Å². The minimum absolute atomic E-state index is 0.121. The van der Waals surface area contributed by atoms with Crippen molar-refractivity contribution in [2.75, 3.05) is 18.5 Å². The fourth-order valence-corrected chi connectivity index (χ4v) is 1.88. The molecule has 1 aliphatic rings. The van der Waals surface area contributed by atoms with Crippen molar-refractivity contribution < 1.29 is 9.84 Å². The van der Waals surface area contributed by atoms with Crippen LogP contribution in [-0.4, -0.2) is 34.9 Å². The van der Waals surface area contributed by atoms with Crippen molar-refractivity contribution >= 4 is 5.82 Å². The van der Waals surface area contributed by atoms with Gasteiger partial charge in [0.2, 0.25) is 0 Å². The first kappa shape index (κ1) is 11.4.